The first-order chi connectivity index (χ1) is 8.47. The summed E-state index contributed by atoms with van der Waals surface area (Å²) in [6.45, 7) is 8.23. The Balaban J connectivity index is 2.78. The smallest absolute Gasteiger partial charge is 0.166 e. The fourth-order valence-electron chi connectivity index (χ4n) is 2.21. The van der Waals surface area contributed by atoms with E-state index in [4.69, 9.17) is 0 Å². The van der Waals surface area contributed by atoms with Gasteiger partial charge in [0.25, 0.3) is 0 Å². The second-order valence-electron chi connectivity index (χ2n) is 4.71. The molecule has 0 fully saturated rings. The molecule has 3 nitrogen and oxygen atoms in total. The number of nitrogens with zero attached hydrogens (tertiary/aromatic N) is 3. The van der Waals surface area contributed by atoms with Crippen LogP contribution in [0.4, 0.5) is 0 Å². The van der Waals surface area contributed by atoms with E-state index < -0.39 is 0 Å². The molecule has 0 N–H and O–H groups in total. The lowest BCUT2D eigenvalue weighted by Crippen LogP contribution is -1.98. The van der Waals surface area contributed by atoms with Crippen LogP contribution >= 0.6 is 0 Å². The summed E-state index contributed by atoms with van der Waals surface area (Å²) in [5, 5.41) is 9.21. The Bertz CT molecular complexity index is 657. The number of aryl methyl sites for hydroxylation is 2. The zero-order chi connectivity index (χ0) is 13.4. The van der Waals surface area contributed by atoms with Crippen LogP contribution in [-0.4, -0.2) is 9.55 Å². The fourth-order valence-corrected chi connectivity index (χ4v) is 2.21. The van der Waals surface area contributed by atoms with Gasteiger partial charge in [0.1, 0.15) is 11.9 Å². The van der Waals surface area contributed by atoms with Crippen molar-refractivity contribution in [3.05, 3.63) is 40.3 Å². The number of hydrogen-bond acceptors (Lipinski definition) is 2. The topological polar surface area (TPSA) is 41.6 Å². The molecule has 1 aromatic carbocycles. The maximum Gasteiger partial charge on any atom is 0.166 e. The van der Waals surface area contributed by atoms with Gasteiger partial charge in [-0.25, -0.2) is 4.98 Å². The maximum atomic E-state index is 9.21. The summed E-state index contributed by atoms with van der Waals surface area (Å²) in [7, 11) is 1.95. The van der Waals surface area contributed by atoms with Gasteiger partial charge in [0.05, 0.1) is 5.69 Å². The van der Waals surface area contributed by atoms with Crippen LogP contribution in [0.2, 0.25) is 0 Å². The van der Waals surface area contributed by atoms with Gasteiger partial charge < -0.3 is 4.57 Å². The molecule has 1 aromatic heterocycles. The molecule has 0 amide bonds. The molecule has 92 valence electrons. The zero-order valence-electron chi connectivity index (χ0n) is 11.5. The molecule has 18 heavy (non-hydrogen) atoms. The molecule has 0 bridgehead atoms. The summed E-state index contributed by atoms with van der Waals surface area (Å²) < 4.78 is 1.98. The van der Waals surface area contributed by atoms with E-state index >= 15 is 0 Å². The normalized spacial score (nSPS) is 10.4. The van der Waals surface area contributed by atoms with Crippen molar-refractivity contribution in [1.29, 1.82) is 5.26 Å². The van der Waals surface area contributed by atoms with Gasteiger partial charge in [-0.05, 0) is 44.4 Å². The summed E-state index contributed by atoms with van der Waals surface area (Å²) in [6.07, 6.45) is 0. The summed E-state index contributed by atoms with van der Waals surface area (Å²) in [6, 6.07) is 6.36. The van der Waals surface area contributed by atoms with Crippen LogP contribution < -0.4 is 0 Å². The molecule has 0 unspecified atom stereocenters. The van der Waals surface area contributed by atoms with E-state index in [9.17, 15) is 5.26 Å². The van der Waals surface area contributed by atoms with Crippen molar-refractivity contribution in [2.75, 3.05) is 0 Å². The number of nitriles is 1. The average molecular weight is 239 g/mol. The summed E-state index contributed by atoms with van der Waals surface area (Å²) in [5.41, 5.74) is 6.27. The summed E-state index contributed by atoms with van der Waals surface area (Å²) >= 11 is 0. The van der Waals surface area contributed by atoms with Gasteiger partial charge in [0.15, 0.2) is 5.69 Å². The van der Waals surface area contributed by atoms with Gasteiger partial charge in [-0.2, -0.15) is 5.26 Å². The predicted molar refractivity (Wildman–Crippen MR) is 72.3 cm³/mol. The van der Waals surface area contributed by atoms with Crippen molar-refractivity contribution < 1.29 is 0 Å². The van der Waals surface area contributed by atoms with E-state index in [-0.39, 0.29) is 0 Å². The monoisotopic (exact) mass is 239 g/mol. The van der Waals surface area contributed by atoms with Gasteiger partial charge >= 0.3 is 0 Å². The second-order valence-corrected chi connectivity index (χ2v) is 4.71. The Labute approximate surface area is 108 Å². The highest BCUT2D eigenvalue weighted by molar-refractivity contribution is 5.71. The quantitative estimate of drug-likeness (QED) is 0.767. The minimum atomic E-state index is 0.501. The third kappa shape index (κ3) is 1.70. The van der Waals surface area contributed by atoms with Gasteiger partial charge in [-0.15, -0.1) is 0 Å². The second kappa shape index (κ2) is 4.30. The molecule has 0 radical (unpaired) electrons. The summed E-state index contributed by atoms with van der Waals surface area (Å²) in [5.74, 6) is 0.860. The minimum absolute atomic E-state index is 0.501. The van der Waals surface area contributed by atoms with Crippen LogP contribution in [0.15, 0.2) is 12.1 Å². The molecule has 0 spiro atoms. The van der Waals surface area contributed by atoms with Crippen molar-refractivity contribution in [3.63, 3.8) is 0 Å². The lowest BCUT2D eigenvalue weighted by Gasteiger charge is -2.12. The summed E-state index contributed by atoms with van der Waals surface area (Å²) in [4.78, 5) is 4.30. The highest BCUT2D eigenvalue weighted by Gasteiger charge is 2.16. The van der Waals surface area contributed by atoms with Crippen molar-refractivity contribution in [3.8, 4) is 17.3 Å². The number of imidazole rings is 1. The Morgan fingerprint density at radius 1 is 1.11 bits per heavy atom. The highest BCUT2D eigenvalue weighted by Crippen LogP contribution is 2.29. The van der Waals surface area contributed by atoms with E-state index in [0.717, 1.165) is 17.1 Å². The molecule has 0 aliphatic rings. The first kappa shape index (κ1) is 12.4. The zero-order valence-corrected chi connectivity index (χ0v) is 11.5. The van der Waals surface area contributed by atoms with Crippen molar-refractivity contribution in [1.82, 2.24) is 9.55 Å². The minimum Gasteiger partial charge on any atom is -0.330 e. The molecule has 0 aliphatic heterocycles. The van der Waals surface area contributed by atoms with Crippen molar-refractivity contribution >= 4 is 0 Å². The number of aromatic nitrogens is 2. The van der Waals surface area contributed by atoms with Crippen molar-refractivity contribution in [2.24, 2.45) is 7.05 Å². The van der Waals surface area contributed by atoms with Gasteiger partial charge in [-0.3, -0.25) is 0 Å². The fraction of sp³-hybridized carbons (Fsp3) is 0.333. The maximum absolute atomic E-state index is 9.21. The third-order valence-electron chi connectivity index (χ3n) is 3.74. The Kier molecular flexibility index (Phi) is 2.96. The van der Waals surface area contributed by atoms with Crippen LogP contribution in [0.5, 0.6) is 0 Å². The van der Waals surface area contributed by atoms with Gasteiger partial charge in [0, 0.05) is 12.6 Å². The van der Waals surface area contributed by atoms with E-state index in [2.05, 4.69) is 44.0 Å². The number of benzene rings is 1. The van der Waals surface area contributed by atoms with Crippen LogP contribution in [-0.2, 0) is 7.05 Å². The Morgan fingerprint density at radius 2 is 1.78 bits per heavy atom. The molecule has 2 rings (SSSR count). The molecule has 0 atom stereocenters. The molecular formula is C15H17N3. The molecule has 0 saturated heterocycles. The Hall–Kier alpha value is -2.08. The molecule has 1 heterocycles. The first-order valence-electron chi connectivity index (χ1n) is 5.98. The first-order valence-corrected chi connectivity index (χ1v) is 5.98. The van der Waals surface area contributed by atoms with Crippen molar-refractivity contribution in [2.45, 2.75) is 27.7 Å². The van der Waals surface area contributed by atoms with Gasteiger partial charge in [0.2, 0.25) is 0 Å². The lowest BCUT2D eigenvalue weighted by atomic mass is 9.96. The molecule has 0 aliphatic carbocycles. The predicted octanol–water partition coefficient (Wildman–Crippen LogP) is 3.19. The third-order valence-corrected chi connectivity index (χ3v) is 3.74. The largest absolute Gasteiger partial charge is 0.330 e. The Morgan fingerprint density at radius 3 is 2.39 bits per heavy atom. The molecule has 0 saturated carbocycles. The highest BCUT2D eigenvalue weighted by atomic mass is 15.1. The van der Waals surface area contributed by atoms with E-state index in [1.54, 1.807) is 0 Å². The molecule has 2 aromatic rings. The van der Waals surface area contributed by atoms with Crippen LogP contribution in [0, 0.1) is 39.0 Å². The van der Waals surface area contributed by atoms with E-state index in [0.29, 0.717) is 5.69 Å². The molecular weight excluding hydrogens is 222 g/mol. The average Bonchev–Trinajstić information content (AvgIpc) is 2.63. The number of hydrogen-bond donors (Lipinski definition) is 0. The van der Waals surface area contributed by atoms with Crippen LogP contribution in [0.1, 0.15) is 28.2 Å². The molecule has 3 heteroatoms. The lowest BCUT2D eigenvalue weighted by molar-refractivity contribution is 0.864. The van der Waals surface area contributed by atoms with Gasteiger partial charge in [-0.1, -0.05) is 12.1 Å². The van der Waals surface area contributed by atoms with Crippen LogP contribution in [0.25, 0.3) is 11.3 Å². The van der Waals surface area contributed by atoms with Crippen LogP contribution in [0.3, 0.4) is 0 Å². The SMILES string of the molecule is Cc1ccc(-c2c(C#N)nc(C)n2C)c(C)c1C. The number of rotatable bonds is 1. The van der Waals surface area contributed by atoms with E-state index in [1.165, 1.54) is 16.7 Å². The standard InChI is InChI=1S/C15H17N3/c1-9-6-7-13(11(3)10(9)2)15-14(8-16)17-12(4)18(15)5/h6-7H,1-5H3. The van der Waals surface area contributed by atoms with E-state index in [1.807, 2.05) is 18.5 Å².